The first-order valence-electron chi connectivity index (χ1n) is 8.04. The molecule has 0 spiro atoms. The molecule has 0 unspecified atom stereocenters. The minimum atomic E-state index is -0.191. The van der Waals surface area contributed by atoms with Gasteiger partial charge in [0.05, 0.1) is 12.1 Å². The van der Waals surface area contributed by atoms with Gasteiger partial charge < -0.3 is 0 Å². The van der Waals surface area contributed by atoms with Gasteiger partial charge in [0.1, 0.15) is 5.82 Å². The van der Waals surface area contributed by atoms with Gasteiger partial charge in [0.2, 0.25) is 0 Å². The molecule has 0 radical (unpaired) electrons. The number of benzene rings is 1. The molecule has 0 amide bonds. The molecule has 3 heterocycles. The molecular formula is C18H19FN4. The van der Waals surface area contributed by atoms with Gasteiger partial charge in [-0.15, -0.1) is 0 Å². The van der Waals surface area contributed by atoms with Crippen LogP contribution in [-0.4, -0.2) is 32.3 Å². The van der Waals surface area contributed by atoms with Gasteiger partial charge in [0.15, 0.2) is 0 Å². The predicted octanol–water partition coefficient (Wildman–Crippen LogP) is 3.24. The molecule has 0 N–H and O–H groups in total. The summed E-state index contributed by atoms with van der Waals surface area (Å²) in [6.07, 6.45) is 7.90. The monoisotopic (exact) mass is 310 g/mol. The third-order valence-electron chi connectivity index (χ3n) is 4.58. The number of fused-ring (bicyclic) bond motifs is 1. The summed E-state index contributed by atoms with van der Waals surface area (Å²) in [6.45, 7) is 2.65. The van der Waals surface area contributed by atoms with E-state index in [2.05, 4.69) is 15.0 Å². The van der Waals surface area contributed by atoms with E-state index in [-0.39, 0.29) is 5.82 Å². The van der Waals surface area contributed by atoms with E-state index < -0.39 is 0 Å². The maximum atomic E-state index is 13.9. The number of halogens is 1. The van der Waals surface area contributed by atoms with Crippen molar-refractivity contribution in [2.45, 2.75) is 32.0 Å². The molecule has 1 aromatic carbocycles. The minimum absolute atomic E-state index is 0.191. The zero-order chi connectivity index (χ0) is 15.6. The molecule has 4 rings (SSSR count). The third-order valence-corrected chi connectivity index (χ3v) is 4.58. The average molecular weight is 310 g/mol. The Labute approximate surface area is 134 Å². The van der Waals surface area contributed by atoms with Crippen LogP contribution >= 0.6 is 0 Å². The van der Waals surface area contributed by atoms with Crippen LogP contribution in [0.3, 0.4) is 0 Å². The lowest BCUT2D eigenvalue weighted by Gasteiger charge is -2.25. The van der Waals surface area contributed by atoms with Crippen molar-refractivity contribution in [1.82, 2.24) is 19.7 Å². The standard InChI is InChI=1S/C18H19FN4/c19-16-10-14-4-1-6-20-18(14)15(11-16)12-22-8-2-5-17(22)13-23-9-3-7-21-23/h1,3-4,6-7,9-11,17H,2,5,8,12-13H2/t17-/m0/s1. The van der Waals surface area contributed by atoms with Crippen LogP contribution in [0.5, 0.6) is 0 Å². The molecule has 1 fully saturated rings. The topological polar surface area (TPSA) is 34.0 Å². The maximum Gasteiger partial charge on any atom is 0.124 e. The fraction of sp³-hybridized carbons (Fsp3) is 0.333. The van der Waals surface area contributed by atoms with Crippen LogP contribution in [0.4, 0.5) is 4.39 Å². The summed E-state index contributed by atoms with van der Waals surface area (Å²) in [5, 5.41) is 5.17. The molecule has 118 valence electrons. The van der Waals surface area contributed by atoms with Crippen LogP contribution in [-0.2, 0) is 13.1 Å². The lowest BCUT2D eigenvalue weighted by atomic mass is 10.1. The Balaban J connectivity index is 1.59. The molecule has 3 aromatic rings. The Hall–Kier alpha value is -2.27. The summed E-state index contributed by atoms with van der Waals surface area (Å²) in [6, 6.07) is 9.33. The predicted molar refractivity (Wildman–Crippen MR) is 87.4 cm³/mol. The molecule has 0 aliphatic carbocycles. The fourth-order valence-electron chi connectivity index (χ4n) is 3.50. The van der Waals surface area contributed by atoms with E-state index in [9.17, 15) is 4.39 Å². The molecule has 5 heteroatoms. The van der Waals surface area contributed by atoms with Crippen LogP contribution in [0.1, 0.15) is 18.4 Å². The van der Waals surface area contributed by atoms with Gasteiger partial charge in [-0.3, -0.25) is 14.6 Å². The first-order chi connectivity index (χ1) is 11.3. The second-order valence-electron chi connectivity index (χ2n) is 6.13. The van der Waals surface area contributed by atoms with Crippen LogP contribution in [0.25, 0.3) is 10.9 Å². The highest BCUT2D eigenvalue weighted by Gasteiger charge is 2.25. The molecule has 1 saturated heterocycles. The highest BCUT2D eigenvalue weighted by molar-refractivity contribution is 5.81. The Bertz CT molecular complexity index is 800. The largest absolute Gasteiger partial charge is 0.294 e. The molecule has 2 aromatic heterocycles. The smallest absolute Gasteiger partial charge is 0.124 e. The van der Waals surface area contributed by atoms with E-state index in [1.807, 2.05) is 35.3 Å². The first kappa shape index (κ1) is 14.3. The lowest BCUT2D eigenvalue weighted by Crippen LogP contribution is -2.32. The summed E-state index contributed by atoms with van der Waals surface area (Å²) >= 11 is 0. The summed E-state index contributed by atoms with van der Waals surface area (Å²) in [4.78, 5) is 6.88. The van der Waals surface area contributed by atoms with Gasteiger partial charge in [-0.05, 0) is 49.2 Å². The summed E-state index contributed by atoms with van der Waals surface area (Å²) in [5.41, 5.74) is 1.87. The molecule has 1 aliphatic heterocycles. The third kappa shape index (κ3) is 2.97. The molecule has 4 nitrogen and oxygen atoms in total. The van der Waals surface area contributed by atoms with Gasteiger partial charge in [0.25, 0.3) is 0 Å². The molecule has 0 saturated carbocycles. The van der Waals surface area contributed by atoms with Crippen molar-refractivity contribution in [3.63, 3.8) is 0 Å². The lowest BCUT2D eigenvalue weighted by molar-refractivity contribution is 0.219. The second kappa shape index (κ2) is 6.08. The number of likely N-dealkylation sites (tertiary alicyclic amines) is 1. The van der Waals surface area contributed by atoms with Crippen molar-refractivity contribution in [3.8, 4) is 0 Å². The number of nitrogens with zero attached hydrogens (tertiary/aromatic N) is 4. The normalized spacial score (nSPS) is 18.7. The Morgan fingerprint density at radius 2 is 2.17 bits per heavy atom. The number of aromatic nitrogens is 3. The van der Waals surface area contributed by atoms with E-state index in [0.29, 0.717) is 6.04 Å². The zero-order valence-electron chi connectivity index (χ0n) is 12.9. The van der Waals surface area contributed by atoms with Gasteiger partial charge in [-0.1, -0.05) is 6.07 Å². The minimum Gasteiger partial charge on any atom is -0.294 e. The van der Waals surface area contributed by atoms with E-state index in [0.717, 1.165) is 42.5 Å². The summed E-state index contributed by atoms with van der Waals surface area (Å²) in [5.74, 6) is -0.191. The molecule has 0 bridgehead atoms. The first-order valence-corrected chi connectivity index (χ1v) is 8.04. The molecule has 1 aliphatic rings. The van der Waals surface area contributed by atoms with Gasteiger partial charge in [0, 0.05) is 36.6 Å². The second-order valence-corrected chi connectivity index (χ2v) is 6.13. The fourth-order valence-corrected chi connectivity index (χ4v) is 3.50. The van der Waals surface area contributed by atoms with Gasteiger partial charge >= 0.3 is 0 Å². The Morgan fingerprint density at radius 1 is 1.22 bits per heavy atom. The van der Waals surface area contributed by atoms with Crippen LogP contribution in [0, 0.1) is 5.82 Å². The summed E-state index contributed by atoms with van der Waals surface area (Å²) in [7, 11) is 0. The Morgan fingerprint density at radius 3 is 3.04 bits per heavy atom. The van der Waals surface area contributed by atoms with Crippen molar-refractivity contribution in [3.05, 3.63) is 60.3 Å². The zero-order valence-corrected chi connectivity index (χ0v) is 12.9. The number of rotatable bonds is 4. The van der Waals surface area contributed by atoms with E-state index in [1.165, 1.54) is 6.42 Å². The number of hydrogen-bond acceptors (Lipinski definition) is 3. The van der Waals surface area contributed by atoms with Crippen molar-refractivity contribution in [2.24, 2.45) is 0 Å². The quantitative estimate of drug-likeness (QED) is 0.742. The van der Waals surface area contributed by atoms with Crippen molar-refractivity contribution < 1.29 is 4.39 Å². The van der Waals surface area contributed by atoms with Crippen molar-refractivity contribution in [1.29, 1.82) is 0 Å². The molecular weight excluding hydrogens is 291 g/mol. The van der Waals surface area contributed by atoms with Crippen molar-refractivity contribution in [2.75, 3.05) is 6.54 Å². The SMILES string of the molecule is Fc1cc(CN2CCC[C@H]2Cn2cccn2)c2ncccc2c1. The summed E-state index contributed by atoms with van der Waals surface area (Å²) < 4.78 is 15.9. The van der Waals surface area contributed by atoms with E-state index in [1.54, 1.807) is 18.3 Å². The van der Waals surface area contributed by atoms with E-state index in [4.69, 9.17) is 0 Å². The highest BCUT2D eigenvalue weighted by atomic mass is 19.1. The van der Waals surface area contributed by atoms with Gasteiger partial charge in [-0.2, -0.15) is 5.10 Å². The highest BCUT2D eigenvalue weighted by Crippen LogP contribution is 2.25. The number of pyridine rings is 1. The molecule has 1 atom stereocenters. The van der Waals surface area contributed by atoms with Crippen molar-refractivity contribution >= 4 is 10.9 Å². The Kier molecular flexibility index (Phi) is 3.79. The number of hydrogen-bond donors (Lipinski definition) is 0. The molecule has 23 heavy (non-hydrogen) atoms. The maximum absolute atomic E-state index is 13.9. The van der Waals surface area contributed by atoms with Crippen LogP contribution < -0.4 is 0 Å². The average Bonchev–Trinajstić information content (AvgIpc) is 3.20. The van der Waals surface area contributed by atoms with Crippen LogP contribution in [0.2, 0.25) is 0 Å². The van der Waals surface area contributed by atoms with E-state index >= 15 is 0 Å². The van der Waals surface area contributed by atoms with Crippen LogP contribution in [0.15, 0.2) is 48.9 Å². The van der Waals surface area contributed by atoms with Gasteiger partial charge in [-0.25, -0.2) is 4.39 Å².